The number of ether oxygens (including phenoxy) is 2. The van der Waals surface area contributed by atoms with Crippen molar-refractivity contribution >= 4 is 0 Å². The standard InChI is InChI=1S/C36H44O2/c1-21(2)16-29-19-24(5)30-15-14-23(4)31-33(30)32(29)27(8)35(36(31)37-20-28-12-10-9-11-13-28)38-34-25(6)17-22(3)18-26(34)7/h9-13,16-18,23-24,29-30H,14-15,19-20H2,1-8H3/t23-,24-,29-,30+/m0/s1. The smallest absolute Gasteiger partial charge is 0.172 e. The molecule has 0 radical (unpaired) electrons. The second-order valence-electron chi connectivity index (χ2n) is 12.3. The lowest BCUT2D eigenvalue weighted by Crippen LogP contribution is -2.28. The third-order valence-electron chi connectivity index (χ3n) is 8.80. The van der Waals surface area contributed by atoms with Gasteiger partial charge in [-0.15, -0.1) is 0 Å². The van der Waals surface area contributed by atoms with Crippen molar-refractivity contribution in [2.75, 3.05) is 0 Å². The molecule has 5 rings (SSSR count). The lowest BCUT2D eigenvalue weighted by molar-refractivity contribution is 0.272. The molecule has 3 aromatic carbocycles. The first kappa shape index (κ1) is 26.6. The van der Waals surface area contributed by atoms with Crippen LogP contribution in [0.25, 0.3) is 0 Å². The first-order valence-corrected chi connectivity index (χ1v) is 14.4. The van der Waals surface area contributed by atoms with E-state index in [0.29, 0.717) is 30.3 Å². The van der Waals surface area contributed by atoms with E-state index in [1.165, 1.54) is 63.8 Å². The maximum atomic E-state index is 7.00. The van der Waals surface area contributed by atoms with Crippen LogP contribution in [0.2, 0.25) is 0 Å². The molecule has 2 aliphatic rings. The minimum atomic E-state index is 0.413. The second kappa shape index (κ2) is 10.6. The van der Waals surface area contributed by atoms with Gasteiger partial charge in [0.2, 0.25) is 0 Å². The quantitative estimate of drug-likeness (QED) is 0.308. The number of hydrogen-bond acceptors (Lipinski definition) is 2. The van der Waals surface area contributed by atoms with Crippen molar-refractivity contribution in [3.63, 3.8) is 0 Å². The molecule has 0 saturated carbocycles. The fourth-order valence-electron chi connectivity index (χ4n) is 7.20. The zero-order valence-corrected chi connectivity index (χ0v) is 24.6. The third kappa shape index (κ3) is 4.91. The van der Waals surface area contributed by atoms with Crippen molar-refractivity contribution in [2.45, 2.75) is 99.0 Å². The van der Waals surface area contributed by atoms with E-state index in [1.54, 1.807) is 5.56 Å². The minimum absolute atomic E-state index is 0.413. The molecule has 0 bridgehead atoms. The minimum Gasteiger partial charge on any atom is -0.485 e. The normalized spacial score (nSPS) is 22.0. The maximum absolute atomic E-state index is 7.00. The van der Waals surface area contributed by atoms with Gasteiger partial charge in [0.1, 0.15) is 12.4 Å². The van der Waals surface area contributed by atoms with Gasteiger partial charge < -0.3 is 9.47 Å². The molecule has 0 N–H and O–H groups in total. The molecule has 38 heavy (non-hydrogen) atoms. The van der Waals surface area contributed by atoms with Crippen molar-refractivity contribution in [3.05, 3.63) is 98.6 Å². The topological polar surface area (TPSA) is 18.5 Å². The van der Waals surface area contributed by atoms with Crippen LogP contribution in [0.3, 0.4) is 0 Å². The van der Waals surface area contributed by atoms with E-state index < -0.39 is 0 Å². The monoisotopic (exact) mass is 508 g/mol. The SMILES string of the molecule is CC(C)=C[C@H]1C[C@H](C)[C@H]2CC[C@H](C)c3c(OCc4ccccc4)c(Oc4c(C)cc(C)cc4C)c(C)c1c32. The molecule has 3 aromatic rings. The predicted molar refractivity (Wildman–Crippen MR) is 159 cm³/mol. The Morgan fingerprint density at radius 1 is 0.842 bits per heavy atom. The Morgan fingerprint density at radius 2 is 1.53 bits per heavy atom. The Kier molecular flexibility index (Phi) is 7.45. The highest BCUT2D eigenvalue weighted by molar-refractivity contribution is 5.66. The number of allylic oxidation sites excluding steroid dienone is 2. The second-order valence-corrected chi connectivity index (χ2v) is 12.3. The van der Waals surface area contributed by atoms with Gasteiger partial charge in [-0.1, -0.05) is 73.5 Å². The summed E-state index contributed by atoms with van der Waals surface area (Å²) in [6.07, 6.45) is 6.15. The summed E-state index contributed by atoms with van der Waals surface area (Å²) in [7, 11) is 0. The molecular formula is C36H44O2. The molecule has 2 heteroatoms. The van der Waals surface area contributed by atoms with Crippen molar-refractivity contribution in [1.82, 2.24) is 0 Å². The zero-order chi connectivity index (χ0) is 27.1. The lowest BCUT2D eigenvalue weighted by atomic mass is 9.62. The molecule has 0 fully saturated rings. The fraction of sp³-hybridized carbons (Fsp3) is 0.444. The highest BCUT2D eigenvalue weighted by atomic mass is 16.5. The highest BCUT2D eigenvalue weighted by Gasteiger charge is 2.41. The zero-order valence-electron chi connectivity index (χ0n) is 24.6. The average Bonchev–Trinajstić information content (AvgIpc) is 2.85. The first-order chi connectivity index (χ1) is 18.2. The third-order valence-corrected chi connectivity index (χ3v) is 8.80. The summed E-state index contributed by atoms with van der Waals surface area (Å²) in [5.41, 5.74) is 11.9. The van der Waals surface area contributed by atoms with Crippen molar-refractivity contribution in [2.24, 2.45) is 5.92 Å². The number of benzene rings is 3. The summed E-state index contributed by atoms with van der Waals surface area (Å²) in [5.74, 6) is 4.93. The van der Waals surface area contributed by atoms with E-state index >= 15 is 0 Å². The Labute approximate surface area is 230 Å². The predicted octanol–water partition coefficient (Wildman–Crippen LogP) is 10.4. The lowest BCUT2D eigenvalue weighted by Gasteiger charge is -2.44. The molecule has 0 saturated heterocycles. The summed E-state index contributed by atoms with van der Waals surface area (Å²) in [5, 5.41) is 0. The van der Waals surface area contributed by atoms with Crippen molar-refractivity contribution in [1.29, 1.82) is 0 Å². The van der Waals surface area contributed by atoms with Crippen molar-refractivity contribution in [3.8, 4) is 17.2 Å². The van der Waals surface area contributed by atoms with Gasteiger partial charge in [-0.25, -0.2) is 0 Å². The largest absolute Gasteiger partial charge is 0.485 e. The van der Waals surface area contributed by atoms with Crippen LogP contribution in [0.15, 0.2) is 54.1 Å². The van der Waals surface area contributed by atoms with E-state index in [4.69, 9.17) is 9.47 Å². The van der Waals surface area contributed by atoms with Gasteiger partial charge in [0.25, 0.3) is 0 Å². The Balaban J connectivity index is 1.76. The first-order valence-electron chi connectivity index (χ1n) is 14.4. The van der Waals surface area contributed by atoms with Gasteiger partial charge in [-0.2, -0.15) is 0 Å². The number of hydrogen-bond donors (Lipinski definition) is 0. The molecule has 0 amide bonds. The van der Waals surface area contributed by atoms with Crippen LogP contribution >= 0.6 is 0 Å². The van der Waals surface area contributed by atoms with Crippen LogP contribution in [-0.2, 0) is 6.61 Å². The van der Waals surface area contributed by atoms with E-state index in [2.05, 4.69) is 104 Å². The molecule has 0 heterocycles. The molecule has 0 aromatic heterocycles. The summed E-state index contributed by atoms with van der Waals surface area (Å²) < 4.78 is 13.8. The highest BCUT2D eigenvalue weighted by Crippen LogP contribution is 2.59. The molecule has 2 aliphatic carbocycles. The molecule has 4 atom stereocenters. The molecule has 0 spiro atoms. The van der Waals surface area contributed by atoms with Gasteiger partial charge in [-0.05, 0) is 112 Å². The van der Waals surface area contributed by atoms with Crippen LogP contribution in [0.4, 0.5) is 0 Å². The fourth-order valence-corrected chi connectivity index (χ4v) is 7.20. The molecule has 0 aliphatic heterocycles. The molecule has 2 nitrogen and oxygen atoms in total. The molecule has 200 valence electrons. The van der Waals surface area contributed by atoms with Gasteiger partial charge >= 0.3 is 0 Å². The molecule has 0 unspecified atom stereocenters. The Bertz CT molecular complexity index is 1340. The molecular weight excluding hydrogens is 464 g/mol. The van der Waals surface area contributed by atoms with Gasteiger partial charge in [-0.3, -0.25) is 0 Å². The van der Waals surface area contributed by atoms with E-state index in [0.717, 1.165) is 17.2 Å². The van der Waals surface area contributed by atoms with E-state index in [9.17, 15) is 0 Å². The van der Waals surface area contributed by atoms with Crippen LogP contribution in [0.5, 0.6) is 17.2 Å². The van der Waals surface area contributed by atoms with E-state index in [-0.39, 0.29) is 0 Å². The van der Waals surface area contributed by atoms with Gasteiger partial charge in [0, 0.05) is 11.5 Å². The van der Waals surface area contributed by atoms with Crippen LogP contribution in [0.1, 0.15) is 109 Å². The summed E-state index contributed by atoms with van der Waals surface area (Å²) in [6, 6.07) is 15.0. The van der Waals surface area contributed by atoms with E-state index in [1.807, 2.05) is 0 Å². The summed E-state index contributed by atoms with van der Waals surface area (Å²) in [4.78, 5) is 0. The van der Waals surface area contributed by atoms with Gasteiger partial charge in [0.15, 0.2) is 11.5 Å². The van der Waals surface area contributed by atoms with Gasteiger partial charge in [0.05, 0.1) is 0 Å². The van der Waals surface area contributed by atoms with Crippen LogP contribution in [0, 0.1) is 33.6 Å². The summed E-state index contributed by atoms with van der Waals surface area (Å²) in [6.45, 7) is 18.6. The summed E-state index contributed by atoms with van der Waals surface area (Å²) >= 11 is 0. The number of aryl methyl sites for hydroxylation is 3. The average molecular weight is 509 g/mol. The van der Waals surface area contributed by atoms with Crippen LogP contribution in [-0.4, -0.2) is 0 Å². The Morgan fingerprint density at radius 3 is 2.18 bits per heavy atom. The van der Waals surface area contributed by atoms with Crippen molar-refractivity contribution < 1.29 is 9.47 Å². The number of rotatable bonds is 6. The maximum Gasteiger partial charge on any atom is 0.172 e. The Hall–Kier alpha value is -3.00. The van der Waals surface area contributed by atoms with Crippen LogP contribution < -0.4 is 9.47 Å².